The number of carbonyl (C=O) groups is 1. The Morgan fingerprint density at radius 2 is 1.80 bits per heavy atom. The predicted octanol–water partition coefficient (Wildman–Crippen LogP) is 4.74. The van der Waals surface area contributed by atoms with E-state index in [2.05, 4.69) is 10.4 Å². The zero-order valence-electron chi connectivity index (χ0n) is 14.9. The maximum atomic E-state index is 13.6. The van der Waals surface area contributed by atoms with Crippen molar-refractivity contribution in [2.75, 3.05) is 0 Å². The first-order chi connectivity index (χ1) is 14.1. The highest BCUT2D eigenvalue weighted by molar-refractivity contribution is 6.30. The molecule has 0 aliphatic rings. The van der Waals surface area contributed by atoms with Crippen LogP contribution in [0.4, 0.5) is 23.7 Å². The minimum absolute atomic E-state index is 0.0767. The molecule has 3 rings (SSSR count). The van der Waals surface area contributed by atoms with Crippen LogP contribution in [0, 0.1) is 10.1 Å². The molecule has 0 spiro atoms. The number of carbonyl (C=O) groups excluding carboxylic acids is 1. The fourth-order valence-corrected chi connectivity index (χ4v) is 2.62. The number of non-ortho nitro benzene ring substituents is 1. The van der Waals surface area contributed by atoms with Gasteiger partial charge in [-0.3, -0.25) is 10.1 Å². The second-order valence-electron chi connectivity index (χ2n) is 5.91. The average Bonchev–Trinajstić information content (AvgIpc) is 3.11. The molecule has 0 aliphatic heterocycles. The molecule has 3 aromatic rings. The van der Waals surface area contributed by atoms with Gasteiger partial charge in [-0.25, -0.2) is 9.48 Å². The summed E-state index contributed by atoms with van der Waals surface area (Å²) >= 11 is 5.75. The normalized spacial score (nSPS) is 11.2. The van der Waals surface area contributed by atoms with E-state index in [-0.39, 0.29) is 17.9 Å². The largest absolute Gasteiger partial charge is 0.437 e. The van der Waals surface area contributed by atoms with E-state index in [1.807, 2.05) is 0 Å². The van der Waals surface area contributed by atoms with Crippen LogP contribution >= 0.6 is 11.6 Å². The number of hydrogen-bond acceptors (Lipinski definition) is 5. The standard InChI is InChI=1S/C18H12ClF3N4O4/c19-12-3-7-13(8-4-12)25-16(18(20,21)22)15(10-24-25)30-17(27)23-9-11-1-5-14(6-2-11)26(28)29/h1-8,10H,9H2,(H,23,27). The van der Waals surface area contributed by atoms with Crippen LogP contribution in [0.25, 0.3) is 5.69 Å². The Balaban J connectivity index is 1.74. The van der Waals surface area contributed by atoms with Gasteiger partial charge in [0.05, 0.1) is 16.8 Å². The third-order valence-corrected chi connectivity index (χ3v) is 4.11. The molecule has 156 valence electrons. The number of amides is 1. The van der Waals surface area contributed by atoms with E-state index < -0.39 is 28.6 Å². The van der Waals surface area contributed by atoms with Gasteiger partial charge in [0.1, 0.15) is 0 Å². The van der Waals surface area contributed by atoms with Crippen molar-refractivity contribution in [2.24, 2.45) is 0 Å². The predicted molar refractivity (Wildman–Crippen MR) is 99.5 cm³/mol. The zero-order valence-corrected chi connectivity index (χ0v) is 15.6. The minimum atomic E-state index is -4.86. The van der Waals surface area contributed by atoms with Crippen LogP contribution in [0.1, 0.15) is 11.3 Å². The molecule has 0 radical (unpaired) electrons. The number of rotatable bonds is 5. The zero-order chi connectivity index (χ0) is 21.9. The number of nitrogens with zero attached hydrogens (tertiary/aromatic N) is 3. The Morgan fingerprint density at radius 1 is 1.17 bits per heavy atom. The lowest BCUT2D eigenvalue weighted by molar-refractivity contribution is -0.384. The maximum absolute atomic E-state index is 13.6. The van der Waals surface area contributed by atoms with E-state index in [0.717, 1.165) is 6.20 Å². The van der Waals surface area contributed by atoms with Gasteiger partial charge in [0, 0.05) is 23.7 Å². The third-order valence-electron chi connectivity index (χ3n) is 3.86. The lowest BCUT2D eigenvalue weighted by Gasteiger charge is -2.13. The highest BCUT2D eigenvalue weighted by atomic mass is 35.5. The highest BCUT2D eigenvalue weighted by Gasteiger charge is 2.40. The molecule has 30 heavy (non-hydrogen) atoms. The number of halogens is 4. The van der Waals surface area contributed by atoms with E-state index in [1.165, 1.54) is 48.5 Å². The summed E-state index contributed by atoms with van der Waals surface area (Å²) in [6.45, 7) is -0.108. The fourth-order valence-electron chi connectivity index (χ4n) is 2.49. The Hall–Kier alpha value is -3.60. The maximum Gasteiger partial charge on any atom is 0.437 e. The van der Waals surface area contributed by atoms with E-state index in [1.54, 1.807) is 0 Å². The molecular weight excluding hydrogens is 429 g/mol. The van der Waals surface area contributed by atoms with E-state index in [9.17, 15) is 28.1 Å². The van der Waals surface area contributed by atoms with Crippen molar-refractivity contribution in [1.82, 2.24) is 15.1 Å². The number of alkyl halides is 3. The van der Waals surface area contributed by atoms with Gasteiger partial charge in [0.25, 0.3) is 5.69 Å². The first kappa shape index (κ1) is 21.1. The third kappa shape index (κ3) is 4.87. The second kappa shape index (κ2) is 8.41. The van der Waals surface area contributed by atoms with Crippen molar-refractivity contribution in [3.05, 3.63) is 81.1 Å². The first-order valence-electron chi connectivity index (χ1n) is 8.25. The Bertz CT molecular complexity index is 1070. The molecular formula is C18H12ClF3N4O4. The van der Waals surface area contributed by atoms with Gasteiger partial charge in [0.15, 0.2) is 11.4 Å². The van der Waals surface area contributed by atoms with Crippen molar-refractivity contribution < 1.29 is 27.6 Å². The number of nitrogens with one attached hydrogen (secondary N) is 1. The quantitative estimate of drug-likeness (QED) is 0.456. The van der Waals surface area contributed by atoms with Crippen molar-refractivity contribution in [3.63, 3.8) is 0 Å². The SMILES string of the molecule is O=C(NCc1ccc([N+](=O)[O-])cc1)Oc1cnn(-c2ccc(Cl)cc2)c1C(F)(F)F. The Morgan fingerprint density at radius 3 is 2.37 bits per heavy atom. The van der Waals surface area contributed by atoms with E-state index >= 15 is 0 Å². The number of hydrogen-bond donors (Lipinski definition) is 1. The van der Waals surface area contributed by atoms with Gasteiger partial charge >= 0.3 is 12.3 Å². The molecule has 1 amide bonds. The number of nitro groups is 1. The molecule has 12 heteroatoms. The van der Waals surface area contributed by atoms with Gasteiger partial charge in [0.2, 0.25) is 0 Å². The monoisotopic (exact) mass is 440 g/mol. The summed E-state index contributed by atoms with van der Waals surface area (Å²) in [5.74, 6) is -0.779. The van der Waals surface area contributed by atoms with Crippen molar-refractivity contribution >= 4 is 23.4 Å². The van der Waals surface area contributed by atoms with Crippen LogP contribution in [-0.4, -0.2) is 20.8 Å². The van der Waals surface area contributed by atoms with Crippen LogP contribution < -0.4 is 10.1 Å². The van der Waals surface area contributed by atoms with E-state index in [4.69, 9.17) is 16.3 Å². The molecule has 0 fully saturated rings. The van der Waals surface area contributed by atoms with Crippen LogP contribution in [0.3, 0.4) is 0 Å². The van der Waals surface area contributed by atoms with Gasteiger partial charge < -0.3 is 10.1 Å². The van der Waals surface area contributed by atoms with Gasteiger partial charge in [-0.15, -0.1) is 0 Å². The number of benzene rings is 2. The first-order valence-corrected chi connectivity index (χ1v) is 8.63. The van der Waals surface area contributed by atoms with Gasteiger partial charge in [-0.1, -0.05) is 23.7 Å². The summed E-state index contributed by atoms with van der Waals surface area (Å²) in [5, 5.41) is 16.9. The minimum Gasteiger partial charge on any atom is -0.406 e. The Kier molecular flexibility index (Phi) is 5.92. The van der Waals surface area contributed by atoms with E-state index in [0.29, 0.717) is 15.3 Å². The number of nitro benzene ring substituents is 1. The van der Waals surface area contributed by atoms with Crippen LogP contribution in [-0.2, 0) is 12.7 Å². The average molecular weight is 441 g/mol. The molecule has 8 nitrogen and oxygen atoms in total. The summed E-state index contributed by atoms with van der Waals surface area (Å²) in [6, 6.07) is 10.7. The fraction of sp³-hybridized carbons (Fsp3) is 0.111. The summed E-state index contributed by atoms with van der Waals surface area (Å²) in [4.78, 5) is 22.0. The van der Waals surface area contributed by atoms with Crippen LogP contribution in [0.5, 0.6) is 5.75 Å². The molecule has 1 aromatic heterocycles. The van der Waals surface area contributed by atoms with Crippen LogP contribution in [0.15, 0.2) is 54.7 Å². The molecule has 1 N–H and O–H groups in total. The van der Waals surface area contributed by atoms with Gasteiger partial charge in [-0.2, -0.15) is 18.3 Å². The lowest BCUT2D eigenvalue weighted by Crippen LogP contribution is -2.27. The highest BCUT2D eigenvalue weighted by Crippen LogP contribution is 2.37. The number of ether oxygens (including phenoxy) is 1. The summed E-state index contributed by atoms with van der Waals surface area (Å²) in [7, 11) is 0. The molecule has 2 aromatic carbocycles. The molecule has 1 heterocycles. The number of aromatic nitrogens is 2. The summed E-state index contributed by atoms with van der Waals surface area (Å²) in [5.41, 5.74) is -0.834. The molecule has 0 atom stereocenters. The smallest absolute Gasteiger partial charge is 0.406 e. The van der Waals surface area contributed by atoms with Crippen LogP contribution in [0.2, 0.25) is 5.02 Å². The topological polar surface area (TPSA) is 99.3 Å². The molecule has 0 saturated carbocycles. The van der Waals surface area contributed by atoms with Crippen molar-refractivity contribution in [3.8, 4) is 11.4 Å². The lowest BCUT2D eigenvalue weighted by atomic mass is 10.2. The Labute approximate surface area is 172 Å². The van der Waals surface area contributed by atoms with Gasteiger partial charge in [-0.05, 0) is 29.8 Å². The molecule has 0 unspecified atom stereocenters. The van der Waals surface area contributed by atoms with Crippen molar-refractivity contribution in [2.45, 2.75) is 12.7 Å². The molecule has 0 bridgehead atoms. The molecule has 0 aliphatic carbocycles. The summed E-state index contributed by atoms with van der Waals surface area (Å²) < 4.78 is 46.1. The molecule has 0 saturated heterocycles. The summed E-state index contributed by atoms with van der Waals surface area (Å²) in [6.07, 6.45) is -5.22. The van der Waals surface area contributed by atoms with Crippen molar-refractivity contribution in [1.29, 1.82) is 0 Å². The second-order valence-corrected chi connectivity index (χ2v) is 6.35.